The average molecular weight is 211 g/mol. The molecule has 1 aromatic heterocycles. The maximum absolute atomic E-state index is 5.52. The molecule has 0 atom stereocenters. The number of hydrogen-bond donors (Lipinski definition) is 1. The van der Waals surface area contributed by atoms with E-state index in [0.29, 0.717) is 13.1 Å². The Labute approximate surface area is 94.9 Å². The van der Waals surface area contributed by atoms with Gasteiger partial charge in [0.05, 0.1) is 12.9 Å². The summed E-state index contributed by atoms with van der Waals surface area (Å²) in [6, 6.07) is 7.98. The molecule has 1 aromatic carbocycles. The normalized spacial score (nSPS) is 9.56. The van der Waals surface area contributed by atoms with Gasteiger partial charge in [0.2, 0.25) is 0 Å². The number of aromatic nitrogens is 2. The van der Waals surface area contributed by atoms with Gasteiger partial charge in [-0.15, -0.1) is 0 Å². The molecule has 1 heterocycles. The predicted molar refractivity (Wildman–Crippen MR) is 63.4 cm³/mol. The topological polar surface area (TPSA) is 43.8 Å². The molecule has 0 aliphatic carbocycles. The Kier molecular flexibility index (Phi) is 3.37. The number of nitrogens with zero attached hydrogens (tertiary/aromatic N) is 2. The highest BCUT2D eigenvalue weighted by Crippen LogP contribution is 2.01. The van der Waals surface area contributed by atoms with Gasteiger partial charge in [-0.1, -0.05) is 24.0 Å². The van der Waals surface area contributed by atoms with Gasteiger partial charge in [0, 0.05) is 24.5 Å². The lowest BCUT2D eigenvalue weighted by atomic mass is 10.1. The minimum Gasteiger partial charge on any atom is -0.326 e. The lowest BCUT2D eigenvalue weighted by molar-refractivity contribution is 0.840. The van der Waals surface area contributed by atoms with E-state index in [2.05, 4.69) is 16.8 Å². The molecule has 2 rings (SSSR count). The van der Waals surface area contributed by atoms with Crippen molar-refractivity contribution >= 4 is 0 Å². The van der Waals surface area contributed by atoms with Crippen molar-refractivity contribution in [3.8, 4) is 11.8 Å². The van der Waals surface area contributed by atoms with E-state index in [1.54, 1.807) is 12.5 Å². The molecule has 3 heteroatoms. The molecular formula is C13H13N3. The molecule has 0 fully saturated rings. The zero-order chi connectivity index (χ0) is 11.2. The van der Waals surface area contributed by atoms with Crippen LogP contribution in [0.3, 0.4) is 0 Å². The zero-order valence-electron chi connectivity index (χ0n) is 8.93. The molecule has 0 unspecified atom stereocenters. The molecule has 0 spiro atoms. The van der Waals surface area contributed by atoms with E-state index < -0.39 is 0 Å². The SMILES string of the molecule is NCc1ccc(C#CCn2ccnc2)cc1. The number of imidazole rings is 1. The van der Waals surface area contributed by atoms with Crippen LogP contribution in [0, 0.1) is 11.8 Å². The van der Waals surface area contributed by atoms with Crippen molar-refractivity contribution in [2.24, 2.45) is 5.73 Å². The summed E-state index contributed by atoms with van der Waals surface area (Å²) in [4.78, 5) is 3.95. The van der Waals surface area contributed by atoms with E-state index in [9.17, 15) is 0 Å². The Hall–Kier alpha value is -2.05. The molecule has 0 radical (unpaired) electrons. The quantitative estimate of drug-likeness (QED) is 0.763. The Morgan fingerprint density at radius 3 is 2.69 bits per heavy atom. The Morgan fingerprint density at radius 1 is 1.25 bits per heavy atom. The molecule has 0 aliphatic rings. The molecule has 0 aliphatic heterocycles. The summed E-state index contributed by atoms with van der Waals surface area (Å²) < 4.78 is 1.93. The Morgan fingerprint density at radius 2 is 2.06 bits per heavy atom. The van der Waals surface area contributed by atoms with Gasteiger partial charge in [-0.05, 0) is 17.7 Å². The maximum Gasteiger partial charge on any atom is 0.0954 e. The molecule has 0 bridgehead atoms. The van der Waals surface area contributed by atoms with Crippen LogP contribution in [0.5, 0.6) is 0 Å². The molecule has 2 N–H and O–H groups in total. The van der Waals surface area contributed by atoms with Crippen molar-refractivity contribution in [2.45, 2.75) is 13.1 Å². The first-order valence-corrected chi connectivity index (χ1v) is 5.12. The van der Waals surface area contributed by atoms with Crippen molar-refractivity contribution in [2.75, 3.05) is 0 Å². The smallest absolute Gasteiger partial charge is 0.0954 e. The predicted octanol–water partition coefficient (Wildman–Crippen LogP) is 1.39. The summed E-state index contributed by atoms with van der Waals surface area (Å²) in [5.74, 6) is 6.18. The standard InChI is InChI=1S/C13H13N3/c14-10-13-5-3-12(4-6-13)2-1-8-16-9-7-15-11-16/h3-7,9,11H,8,10,14H2. The second-order valence-corrected chi connectivity index (χ2v) is 3.44. The van der Waals surface area contributed by atoms with Crippen LogP contribution >= 0.6 is 0 Å². The Bertz CT molecular complexity index is 486. The van der Waals surface area contributed by atoms with Gasteiger partial charge in [-0.25, -0.2) is 4.98 Å². The van der Waals surface area contributed by atoms with Crippen LogP contribution in [0.25, 0.3) is 0 Å². The van der Waals surface area contributed by atoms with E-state index in [-0.39, 0.29) is 0 Å². The number of rotatable bonds is 2. The van der Waals surface area contributed by atoms with Gasteiger partial charge in [-0.3, -0.25) is 0 Å². The highest BCUT2D eigenvalue weighted by atomic mass is 15.0. The summed E-state index contributed by atoms with van der Waals surface area (Å²) in [5.41, 5.74) is 7.65. The van der Waals surface area contributed by atoms with Crippen LogP contribution in [-0.4, -0.2) is 9.55 Å². The second kappa shape index (κ2) is 5.15. The van der Waals surface area contributed by atoms with E-state index in [4.69, 9.17) is 5.73 Å². The molecule has 2 aromatic rings. The number of hydrogen-bond acceptors (Lipinski definition) is 2. The summed E-state index contributed by atoms with van der Waals surface area (Å²) in [5, 5.41) is 0. The van der Waals surface area contributed by atoms with Crippen LogP contribution in [0.15, 0.2) is 43.0 Å². The van der Waals surface area contributed by atoms with Crippen LogP contribution in [0.1, 0.15) is 11.1 Å². The molecule has 0 amide bonds. The average Bonchev–Trinajstić information content (AvgIpc) is 2.83. The van der Waals surface area contributed by atoms with Gasteiger partial charge in [0.25, 0.3) is 0 Å². The van der Waals surface area contributed by atoms with Crippen molar-refractivity contribution in [3.05, 3.63) is 54.1 Å². The van der Waals surface area contributed by atoms with Crippen LogP contribution in [-0.2, 0) is 13.1 Å². The maximum atomic E-state index is 5.52. The van der Waals surface area contributed by atoms with E-state index in [1.807, 2.05) is 35.0 Å². The first kappa shape index (κ1) is 10.5. The third-order valence-corrected chi connectivity index (χ3v) is 2.24. The largest absolute Gasteiger partial charge is 0.326 e. The number of nitrogens with two attached hydrogens (primary N) is 1. The summed E-state index contributed by atoms with van der Waals surface area (Å²) in [6.07, 6.45) is 5.40. The monoisotopic (exact) mass is 211 g/mol. The summed E-state index contributed by atoms with van der Waals surface area (Å²) in [6.45, 7) is 1.24. The highest BCUT2D eigenvalue weighted by molar-refractivity contribution is 5.36. The fraction of sp³-hybridized carbons (Fsp3) is 0.154. The van der Waals surface area contributed by atoms with Gasteiger partial charge >= 0.3 is 0 Å². The highest BCUT2D eigenvalue weighted by Gasteiger charge is 1.89. The lowest BCUT2D eigenvalue weighted by Gasteiger charge is -1.95. The first-order valence-electron chi connectivity index (χ1n) is 5.12. The van der Waals surface area contributed by atoms with Crippen molar-refractivity contribution in [1.82, 2.24) is 9.55 Å². The Balaban J connectivity index is 2.01. The molecule has 3 nitrogen and oxygen atoms in total. The molecule has 0 saturated heterocycles. The van der Waals surface area contributed by atoms with E-state index in [1.165, 1.54) is 0 Å². The summed E-state index contributed by atoms with van der Waals surface area (Å²) >= 11 is 0. The van der Waals surface area contributed by atoms with Gasteiger partial charge < -0.3 is 10.3 Å². The third-order valence-electron chi connectivity index (χ3n) is 2.24. The molecular weight excluding hydrogens is 198 g/mol. The van der Waals surface area contributed by atoms with Crippen molar-refractivity contribution in [1.29, 1.82) is 0 Å². The summed E-state index contributed by atoms with van der Waals surface area (Å²) in [7, 11) is 0. The van der Waals surface area contributed by atoms with Crippen LogP contribution in [0.4, 0.5) is 0 Å². The van der Waals surface area contributed by atoms with Crippen molar-refractivity contribution < 1.29 is 0 Å². The molecule has 0 saturated carbocycles. The van der Waals surface area contributed by atoms with E-state index in [0.717, 1.165) is 11.1 Å². The minimum atomic E-state index is 0.572. The second-order valence-electron chi connectivity index (χ2n) is 3.44. The zero-order valence-corrected chi connectivity index (χ0v) is 8.93. The fourth-order valence-electron chi connectivity index (χ4n) is 1.34. The lowest BCUT2D eigenvalue weighted by Crippen LogP contribution is -1.95. The van der Waals surface area contributed by atoms with Crippen LogP contribution < -0.4 is 5.73 Å². The number of benzene rings is 1. The first-order chi connectivity index (χ1) is 7.88. The fourth-order valence-corrected chi connectivity index (χ4v) is 1.34. The van der Waals surface area contributed by atoms with Gasteiger partial charge in [0.1, 0.15) is 0 Å². The van der Waals surface area contributed by atoms with E-state index >= 15 is 0 Å². The molecule has 80 valence electrons. The third kappa shape index (κ3) is 2.72. The van der Waals surface area contributed by atoms with Crippen molar-refractivity contribution in [3.63, 3.8) is 0 Å². The minimum absolute atomic E-state index is 0.572. The molecule has 16 heavy (non-hydrogen) atoms. The van der Waals surface area contributed by atoms with Gasteiger partial charge in [-0.2, -0.15) is 0 Å². The van der Waals surface area contributed by atoms with Gasteiger partial charge in [0.15, 0.2) is 0 Å². The van der Waals surface area contributed by atoms with Crippen LogP contribution in [0.2, 0.25) is 0 Å².